The summed E-state index contributed by atoms with van der Waals surface area (Å²) in [6, 6.07) is 2.23. The maximum absolute atomic E-state index is 13.0. The maximum Gasteiger partial charge on any atom is 0.418 e. The summed E-state index contributed by atoms with van der Waals surface area (Å²) in [5, 5.41) is 12.4. The number of anilines is 2. The Kier molecular flexibility index (Phi) is 3.47. The van der Waals surface area contributed by atoms with E-state index < -0.39 is 17.3 Å². The maximum atomic E-state index is 13.0. The number of nitrogen functional groups attached to an aromatic ring is 1. The smallest absolute Gasteiger partial charge is 0.397 e. The van der Waals surface area contributed by atoms with Gasteiger partial charge in [0, 0.05) is 10.5 Å². The van der Waals surface area contributed by atoms with E-state index in [0.29, 0.717) is 12.8 Å². The van der Waals surface area contributed by atoms with Crippen molar-refractivity contribution in [2.24, 2.45) is 0 Å². The van der Waals surface area contributed by atoms with E-state index in [0.717, 1.165) is 6.07 Å². The van der Waals surface area contributed by atoms with E-state index in [4.69, 9.17) is 5.73 Å². The van der Waals surface area contributed by atoms with E-state index in [9.17, 15) is 18.3 Å². The van der Waals surface area contributed by atoms with Crippen molar-refractivity contribution >= 4 is 27.3 Å². The number of alkyl halides is 3. The molecule has 19 heavy (non-hydrogen) atoms. The Morgan fingerprint density at radius 1 is 1.42 bits per heavy atom. The van der Waals surface area contributed by atoms with Crippen LogP contribution in [-0.2, 0) is 6.18 Å². The topological polar surface area (TPSA) is 58.3 Å². The molecule has 0 aromatic heterocycles. The molecule has 1 aromatic carbocycles. The number of hydrogen-bond acceptors (Lipinski definition) is 3. The molecular formula is C12H14BrF3N2O. The lowest BCUT2D eigenvalue weighted by Crippen LogP contribution is -2.48. The highest BCUT2D eigenvalue weighted by Gasteiger charge is 2.41. The van der Waals surface area contributed by atoms with Crippen molar-refractivity contribution in [2.75, 3.05) is 11.1 Å². The van der Waals surface area contributed by atoms with Gasteiger partial charge in [0.1, 0.15) is 0 Å². The van der Waals surface area contributed by atoms with Crippen molar-refractivity contribution in [3.8, 4) is 0 Å². The summed E-state index contributed by atoms with van der Waals surface area (Å²) in [6.07, 6.45) is -3.67. The first kappa shape index (κ1) is 14.5. The molecule has 0 amide bonds. The zero-order valence-corrected chi connectivity index (χ0v) is 11.8. The molecule has 7 heteroatoms. The van der Waals surface area contributed by atoms with Crippen LogP contribution in [0.4, 0.5) is 24.5 Å². The third-order valence-electron chi connectivity index (χ3n) is 3.16. The number of hydrogen-bond donors (Lipinski definition) is 3. The molecule has 0 atom stereocenters. The lowest BCUT2D eigenvalue weighted by molar-refractivity contribution is -0.137. The molecule has 0 heterocycles. The van der Waals surface area contributed by atoms with Crippen LogP contribution in [0.25, 0.3) is 0 Å². The van der Waals surface area contributed by atoms with Gasteiger partial charge in [0.2, 0.25) is 0 Å². The van der Waals surface area contributed by atoms with Crippen molar-refractivity contribution in [1.29, 1.82) is 0 Å². The number of benzene rings is 1. The summed E-state index contributed by atoms with van der Waals surface area (Å²) < 4.78 is 39.2. The molecule has 0 saturated heterocycles. The second-order valence-electron chi connectivity index (χ2n) is 5.16. The van der Waals surface area contributed by atoms with Gasteiger partial charge >= 0.3 is 6.18 Å². The zero-order valence-electron chi connectivity index (χ0n) is 10.2. The van der Waals surface area contributed by atoms with Gasteiger partial charge in [-0.1, -0.05) is 15.9 Å². The normalized spacial score (nSPS) is 26.9. The molecule has 3 nitrogen and oxygen atoms in total. The molecule has 1 fully saturated rings. The van der Waals surface area contributed by atoms with Crippen LogP contribution in [0, 0.1) is 0 Å². The summed E-state index contributed by atoms with van der Waals surface area (Å²) in [5.41, 5.74) is 3.97. The van der Waals surface area contributed by atoms with Crippen LogP contribution in [-0.4, -0.2) is 16.7 Å². The minimum atomic E-state index is -4.48. The van der Waals surface area contributed by atoms with E-state index in [1.807, 2.05) is 0 Å². The number of rotatable bonds is 2. The molecule has 0 spiro atoms. The Balaban J connectivity index is 2.29. The van der Waals surface area contributed by atoms with Crippen molar-refractivity contribution < 1.29 is 18.3 Å². The van der Waals surface area contributed by atoms with Crippen molar-refractivity contribution in [1.82, 2.24) is 0 Å². The van der Waals surface area contributed by atoms with E-state index in [1.54, 1.807) is 6.92 Å². The first-order valence-electron chi connectivity index (χ1n) is 5.74. The van der Waals surface area contributed by atoms with Crippen molar-refractivity contribution in [3.63, 3.8) is 0 Å². The average molecular weight is 339 g/mol. The average Bonchev–Trinajstić information content (AvgIpc) is 2.17. The molecular weight excluding hydrogens is 325 g/mol. The second kappa shape index (κ2) is 4.56. The van der Waals surface area contributed by atoms with Crippen LogP contribution in [0.5, 0.6) is 0 Å². The highest BCUT2D eigenvalue weighted by Crippen LogP contribution is 2.42. The van der Waals surface area contributed by atoms with Crippen LogP contribution >= 0.6 is 15.9 Å². The number of nitrogens with two attached hydrogens (primary N) is 1. The van der Waals surface area contributed by atoms with Crippen LogP contribution in [0.2, 0.25) is 0 Å². The molecule has 0 aliphatic heterocycles. The van der Waals surface area contributed by atoms with Gasteiger partial charge in [-0.25, -0.2) is 0 Å². The zero-order chi connectivity index (χ0) is 14.4. The highest BCUT2D eigenvalue weighted by molar-refractivity contribution is 9.10. The SMILES string of the molecule is C[C@]1(O)C[C@@H](Nc2c(N)cc(Br)cc2C(F)(F)F)C1. The molecule has 1 aromatic rings. The van der Waals surface area contributed by atoms with Gasteiger partial charge in [0.15, 0.2) is 0 Å². The van der Waals surface area contributed by atoms with Gasteiger partial charge in [-0.3, -0.25) is 0 Å². The lowest BCUT2D eigenvalue weighted by Gasteiger charge is -2.42. The molecule has 4 N–H and O–H groups in total. The van der Waals surface area contributed by atoms with Gasteiger partial charge in [0.05, 0.1) is 22.5 Å². The predicted octanol–water partition coefficient (Wildman–Crippen LogP) is 3.38. The third-order valence-corrected chi connectivity index (χ3v) is 3.62. The number of halogens is 4. The largest absolute Gasteiger partial charge is 0.418 e. The van der Waals surface area contributed by atoms with E-state index in [1.165, 1.54) is 6.07 Å². The van der Waals surface area contributed by atoms with Gasteiger partial charge in [0.25, 0.3) is 0 Å². The molecule has 0 bridgehead atoms. The Labute approximate surface area is 117 Å². The highest BCUT2D eigenvalue weighted by atomic mass is 79.9. The Morgan fingerprint density at radius 2 is 2.00 bits per heavy atom. The number of nitrogens with one attached hydrogen (secondary N) is 1. The molecule has 1 aliphatic carbocycles. The fourth-order valence-corrected chi connectivity index (χ4v) is 2.80. The van der Waals surface area contributed by atoms with Crippen LogP contribution in [0.3, 0.4) is 0 Å². The molecule has 106 valence electrons. The summed E-state index contributed by atoms with van der Waals surface area (Å²) in [7, 11) is 0. The monoisotopic (exact) mass is 338 g/mol. The minimum absolute atomic E-state index is 0.0354. The Bertz CT molecular complexity index is 494. The Hall–Kier alpha value is -0.950. The predicted molar refractivity (Wildman–Crippen MR) is 70.8 cm³/mol. The fourth-order valence-electron chi connectivity index (χ4n) is 2.32. The quantitative estimate of drug-likeness (QED) is 0.724. The van der Waals surface area contributed by atoms with Gasteiger partial charge in [-0.15, -0.1) is 0 Å². The third kappa shape index (κ3) is 3.14. The summed E-state index contributed by atoms with van der Waals surface area (Å²) in [4.78, 5) is 0. The fraction of sp³-hybridized carbons (Fsp3) is 0.500. The van der Waals surface area contributed by atoms with Crippen molar-refractivity contribution in [2.45, 2.75) is 37.6 Å². The summed E-state index contributed by atoms with van der Waals surface area (Å²) >= 11 is 3.01. The molecule has 1 aliphatic rings. The number of aliphatic hydroxyl groups is 1. The lowest BCUT2D eigenvalue weighted by atomic mass is 9.77. The van der Waals surface area contributed by atoms with Crippen molar-refractivity contribution in [3.05, 3.63) is 22.2 Å². The molecule has 1 saturated carbocycles. The van der Waals surface area contributed by atoms with E-state index >= 15 is 0 Å². The molecule has 0 unspecified atom stereocenters. The second-order valence-corrected chi connectivity index (χ2v) is 6.08. The van der Waals surface area contributed by atoms with E-state index in [2.05, 4.69) is 21.2 Å². The van der Waals surface area contributed by atoms with Crippen LogP contribution < -0.4 is 11.1 Å². The molecule has 0 radical (unpaired) electrons. The standard InChI is InChI=1S/C12H14BrF3N2O/c1-11(19)4-7(5-11)18-10-8(12(14,15)16)2-6(13)3-9(10)17/h2-3,7,18-19H,4-5,17H2,1H3/t7-,11+. The summed E-state index contributed by atoms with van der Waals surface area (Å²) in [6.45, 7) is 1.65. The first-order chi connectivity index (χ1) is 8.58. The van der Waals surface area contributed by atoms with Crippen LogP contribution in [0.15, 0.2) is 16.6 Å². The van der Waals surface area contributed by atoms with Gasteiger partial charge < -0.3 is 16.2 Å². The molecule has 2 rings (SSSR count). The van der Waals surface area contributed by atoms with Gasteiger partial charge in [-0.2, -0.15) is 13.2 Å². The summed E-state index contributed by atoms with van der Waals surface area (Å²) in [5.74, 6) is 0. The Morgan fingerprint density at radius 3 is 2.47 bits per heavy atom. The van der Waals surface area contributed by atoms with Gasteiger partial charge in [-0.05, 0) is 31.9 Å². The first-order valence-corrected chi connectivity index (χ1v) is 6.53. The minimum Gasteiger partial charge on any atom is -0.397 e. The van der Waals surface area contributed by atoms with Crippen LogP contribution in [0.1, 0.15) is 25.3 Å². The van der Waals surface area contributed by atoms with E-state index in [-0.39, 0.29) is 21.9 Å².